The fourth-order valence-electron chi connectivity index (χ4n) is 0.289. The summed E-state index contributed by atoms with van der Waals surface area (Å²) in [6.07, 6.45) is 8.51. The molecule has 0 bridgehead atoms. The lowest BCUT2D eigenvalue weighted by Crippen LogP contribution is -1.85. The minimum Gasteiger partial charge on any atom is -0.120 e. The van der Waals surface area contributed by atoms with E-state index >= 15 is 0 Å². The first-order valence-corrected chi connectivity index (χ1v) is 5.01. The maximum Gasteiger partial charge on any atom is -0.00297 e. The first-order chi connectivity index (χ1) is 5.64. The Balaban J connectivity index is -0.000000115. The van der Waals surface area contributed by atoms with Crippen molar-refractivity contribution in [3.63, 3.8) is 0 Å². The largest absolute Gasteiger partial charge is 0.120 e. The molecule has 74 valence electrons. The second-order valence-corrected chi connectivity index (χ2v) is 2.92. The van der Waals surface area contributed by atoms with Crippen molar-refractivity contribution < 1.29 is 0 Å². The van der Waals surface area contributed by atoms with Crippen LogP contribution in [0.2, 0.25) is 0 Å². The van der Waals surface area contributed by atoms with Crippen molar-refractivity contribution in [3.8, 4) is 12.3 Å². The Morgan fingerprint density at radius 2 is 1.25 bits per heavy atom. The lowest BCUT2D eigenvalue weighted by molar-refractivity contribution is 0.544. The maximum atomic E-state index is 4.60. The molecule has 0 radical (unpaired) electrons. The average Bonchev–Trinajstić information content (AvgIpc) is 2.06. The molecule has 12 heavy (non-hydrogen) atoms. The Morgan fingerprint density at radius 3 is 1.25 bits per heavy atom. The Labute approximate surface area is 79.8 Å². The van der Waals surface area contributed by atoms with Gasteiger partial charge < -0.3 is 0 Å². The van der Waals surface area contributed by atoms with Gasteiger partial charge in [0.05, 0.1) is 0 Å². The van der Waals surface area contributed by atoms with Crippen molar-refractivity contribution >= 4 is 0 Å². The molecule has 0 heteroatoms. The maximum absolute atomic E-state index is 4.60. The van der Waals surface area contributed by atoms with Gasteiger partial charge in [-0.05, 0) is 12.8 Å². The summed E-state index contributed by atoms with van der Waals surface area (Å²) in [6.45, 7) is 12.6. The summed E-state index contributed by atoms with van der Waals surface area (Å²) in [7, 11) is 0. The quantitative estimate of drug-likeness (QED) is 0.535. The summed E-state index contributed by atoms with van der Waals surface area (Å²) in [5, 5.41) is 0. The molecule has 0 fully saturated rings. The Bertz CT molecular complexity index is 72.5. The minimum absolute atomic E-state index is 0.935. The molecule has 0 atom stereocenters. The SMILES string of the molecule is C#CC.CCC.CCC(C)CC. The van der Waals surface area contributed by atoms with Gasteiger partial charge in [0.1, 0.15) is 0 Å². The molecule has 0 rings (SSSR count). The topological polar surface area (TPSA) is 0 Å². The first kappa shape index (κ1) is 17.6. The van der Waals surface area contributed by atoms with E-state index in [2.05, 4.69) is 47.0 Å². The van der Waals surface area contributed by atoms with Gasteiger partial charge in [0.15, 0.2) is 0 Å². The molecule has 0 aliphatic rings. The van der Waals surface area contributed by atoms with Gasteiger partial charge in [-0.2, -0.15) is 0 Å². The van der Waals surface area contributed by atoms with Gasteiger partial charge in [-0.3, -0.25) is 0 Å². The van der Waals surface area contributed by atoms with Gasteiger partial charge in [-0.25, -0.2) is 0 Å². The molecular weight excluding hydrogens is 144 g/mol. The van der Waals surface area contributed by atoms with Crippen LogP contribution >= 0.6 is 0 Å². The summed E-state index contributed by atoms with van der Waals surface area (Å²) >= 11 is 0. The predicted molar refractivity (Wildman–Crippen MR) is 60.2 cm³/mol. The highest BCUT2D eigenvalue weighted by Crippen LogP contribution is 2.02. The standard InChI is InChI=1S/C6H14.C3H8.C3H4/c1-4-6(3)5-2;2*1-3-2/h6H,4-5H2,1-3H3;3H2,1-2H3;1H,2H3. The van der Waals surface area contributed by atoms with Crippen molar-refractivity contribution in [3.05, 3.63) is 0 Å². The summed E-state index contributed by atoms with van der Waals surface area (Å²) in [5.74, 6) is 3.19. The van der Waals surface area contributed by atoms with Gasteiger partial charge in [-0.15, -0.1) is 12.3 Å². The van der Waals surface area contributed by atoms with E-state index in [1.54, 1.807) is 6.92 Å². The predicted octanol–water partition coefficient (Wildman–Crippen LogP) is 4.50. The first-order valence-electron chi connectivity index (χ1n) is 5.01. The van der Waals surface area contributed by atoms with E-state index < -0.39 is 0 Å². The van der Waals surface area contributed by atoms with Crippen LogP contribution in [-0.4, -0.2) is 0 Å². The zero-order valence-corrected chi connectivity index (χ0v) is 9.78. The molecule has 0 N–H and O–H groups in total. The van der Waals surface area contributed by atoms with Gasteiger partial charge in [-0.1, -0.05) is 53.9 Å². The zero-order chi connectivity index (χ0) is 10.4. The Kier molecular flexibility index (Phi) is 32.9. The third kappa shape index (κ3) is 55.3. The van der Waals surface area contributed by atoms with Crippen molar-refractivity contribution in [2.45, 2.75) is 60.8 Å². The molecule has 0 saturated carbocycles. The van der Waals surface area contributed by atoms with Crippen molar-refractivity contribution in [2.24, 2.45) is 5.92 Å². The molecule has 0 aliphatic heterocycles. The van der Waals surface area contributed by atoms with Crippen LogP contribution in [0.1, 0.15) is 60.8 Å². The molecule has 0 nitrogen and oxygen atoms in total. The van der Waals surface area contributed by atoms with Crippen molar-refractivity contribution in [2.75, 3.05) is 0 Å². The smallest absolute Gasteiger partial charge is 0.00297 e. The Morgan fingerprint density at radius 1 is 1.08 bits per heavy atom. The van der Waals surface area contributed by atoms with Crippen LogP contribution in [0.15, 0.2) is 0 Å². The van der Waals surface area contributed by atoms with Gasteiger partial charge in [0, 0.05) is 0 Å². The highest BCUT2D eigenvalue weighted by molar-refractivity contribution is 4.73. The van der Waals surface area contributed by atoms with Crippen LogP contribution in [0.3, 0.4) is 0 Å². The zero-order valence-electron chi connectivity index (χ0n) is 9.78. The average molecular weight is 170 g/mol. The third-order valence-corrected chi connectivity index (χ3v) is 1.39. The lowest BCUT2D eigenvalue weighted by atomic mass is 10.1. The fraction of sp³-hybridized carbons (Fsp3) is 0.833. The van der Waals surface area contributed by atoms with Crippen molar-refractivity contribution in [1.82, 2.24) is 0 Å². The Hall–Kier alpha value is -0.440. The van der Waals surface area contributed by atoms with Gasteiger partial charge in [0.2, 0.25) is 0 Å². The monoisotopic (exact) mass is 170 g/mol. The van der Waals surface area contributed by atoms with E-state index in [0.717, 1.165) is 5.92 Å². The third-order valence-electron chi connectivity index (χ3n) is 1.39. The fourth-order valence-corrected chi connectivity index (χ4v) is 0.289. The van der Waals surface area contributed by atoms with Gasteiger partial charge in [0.25, 0.3) is 0 Å². The minimum atomic E-state index is 0.935. The summed E-state index contributed by atoms with van der Waals surface area (Å²) in [5.41, 5.74) is 0. The van der Waals surface area contributed by atoms with Crippen molar-refractivity contribution in [1.29, 1.82) is 0 Å². The second-order valence-electron chi connectivity index (χ2n) is 2.92. The number of hydrogen-bond acceptors (Lipinski definition) is 0. The van der Waals surface area contributed by atoms with Crippen LogP contribution in [0, 0.1) is 18.3 Å². The van der Waals surface area contributed by atoms with Crippen LogP contribution in [-0.2, 0) is 0 Å². The highest BCUT2D eigenvalue weighted by Gasteiger charge is 1.88. The molecule has 0 spiro atoms. The van der Waals surface area contributed by atoms with E-state index in [9.17, 15) is 0 Å². The lowest BCUT2D eigenvalue weighted by Gasteiger charge is -1.98. The molecule has 0 saturated heterocycles. The van der Waals surface area contributed by atoms with Crippen LogP contribution in [0.4, 0.5) is 0 Å². The molecular formula is C12H26. The molecule has 0 amide bonds. The van der Waals surface area contributed by atoms with E-state index in [4.69, 9.17) is 0 Å². The molecule has 0 aliphatic carbocycles. The molecule has 0 aromatic heterocycles. The molecule has 0 aromatic carbocycles. The van der Waals surface area contributed by atoms with E-state index in [1.165, 1.54) is 19.3 Å². The normalized spacial score (nSPS) is 7.17. The highest BCUT2D eigenvalue weighted by atomic mass is 13.9. The summed E-state index contributed by atoms with van der Waals surface area (Å²) in [6, 6.07) is 0. The summed E-state index contributed by atoms with van der Waals surface area (Å²) < 4.78 is 0. The number of rotatable bonds is 2. The van der Waals surface area contributed by atoms with E-state index in [1.807, 2.05) is 0 Å². The van der Waals surface area contributed by atoms with Crippen LogP contribution < -0.4 is 0 Å². The number of terminal acetylenes is 1. The van der Waals surface area contributed by atoms with E-state index in [0.29, 0.717) is 0 Å². The van der Waals surface area contributed by atoms with E-state index in [-0.39, 0.29) is 0 Å². The molecule has 0 unspecified atom stereocenters. The van der Waals surface area contributed by atoms with Crippen LogP contribution in [0.5, 0.6) is 0 Å². The van der Waals surface area contributed by atoms with Crippen LogP contribution in [0.25, 0.3) is 0 Å². The molecule has 0 heterocycles. The summed E-state index contributed by atoms with van der Waals surface area (Å²) in [4.78, 5) is 0. The second kappa shape index (κ2) is 22.4. The van der Waals surface area contributed by atoms with Gasteiger partial charge >= 0.3 is 0 Å². The number of hydrogen-bond donors (Lipinski definition) is 0. The molecule has 0 aromatic rings.